The number of carbonyl (C=O) groups excluding carboxylic acids is 2. The first kappa shape index (κ1) is 17.9. The highest BCUT2D eigenvalue weighted by Gasteiger charge is 2.37. The van der Waals surface area contributed by atoms with Gasteiger partial charge in [0, 0.05) is 52.2 Å². The second kappa shape index (κ2) is 8.01. The van der Waals surface area contributed by atoms with Crippen LogP contribution in [0.2, 0.25) is 0 Å². The summed E-state index contributed by atoms with van der Waals surface area (Å²) in [5.41, 5.74) is 0. The summed E-state index contributed by atoms with van der Waals surface area (Å²) in [5.74, 6) is 1.03. The van der Waals surface area contributed by atoms with Gasteiger partial charge in [0.25, 0.3) is 0 Å². The highest BCUT2D eigenvalue weighted by Crippen LogP contribution is 2.21. The predicted molar refractivity (Wildman–Crippen MR) is 93.8 cm³/mol. The number of hydrogen-bond donors (Lipinski definition) is 0. The summed E-state index contributed by atoms with van der Waals surface area (Å²) in [6, 6.07) is 3.87. The van der Waals surface area contributed by atoms with Gasteiger partial charge in [-0.15, -0.1) is 0 Å². The van der Waals surface area contributed by atoms with E-state index < -0.39 is 0 Å². The van der Waals surface area contributed by atoms with E-state index in [0.717, 1.165) is 45.0 Å². The normalized spacial score (nSPS) is 22.2. The Morgan fingerprint density at radius 3 is 2.68 bits per heavy atom. The standard InChI is InChI=1S/C18H28N4O3/c1-19(2)5-8-22-13-15(12-17(22)23)18(24)21-9-6-20(7-10-21)14-16-4-3-11-25-16/h3-4,11,15H,5-10,12-14H2,1-2H3/t15-/m1/s1. The van der Waals surface area contributed by atoms with E-state index in [1.54, 1.807) is 6.26 Å². The second-order valence-corrected chi connectivity index (χ2v) is 7.22. The van der Waals surface area contributed by atoms with Gasteiger partial charge in [-0.25, -0.2) is 0 Å². The Balaban J connectivity index is 1.45. The molecule has 0 aromatic carbocycles. The molecule has 0 unspecified atom stereocenters. The zero-order chi connectivity index (χ0) is 17.8. The van der Waals surface area contributed by atoms with Gasteiger partial charge < -0.3 is 19.1 Å². The van der Waals surface area contributed by atoms with Crippen LogP contribution in [0.1, 0.15) is 12.2 Å². The molecular formula is C18H28N4O3. The molecule has 2 fully saturated rings. The lowest BCUT2D eigenvalue weighted by atomic mass is 10.1. The average Bonchev–Trinajstić information content (AvgIpc) is 3.23. The average molecular weight is 348 g/mol. The fraction of sp³-hybridized carbons (Fsp3) is 0.667. The molecule has 2 aliphatic heterocycles. The Hall–Kier alpha value is -1.86. The van der Waals surface area contributed by atoms with E-state index in [1.807, 2.05) is 36.0 Å². The van der Waals surface area contributed by atoms with Crippen molar-refractivity contribution in [3.05, 3.63) is 24.2 Å². The molecule has 1 aromatic rings. The third kappa shape index (κ3) is 4.61. The van der Waals surface area contributed by atoms with Crippen molar-refractivity contribution in [1.29, 1.82) is 0 Å². The number of hydrogen-bond acceptors (Lipinski definition) is 5. The highest BCUT2D eigenvalue weighted by molar-refractivity contribution is 5.89. The van der Waals surface area contributed by atoms with Crippen LogP contribution in [0.15, 0.2) is 22.8 Å². The van der Waals surface area contributed by atoms with E-state index in [1.165, 1.54) is 0 Å². The minimum Gasteiger partial charge on any atom is -0.468 e. The number of likely N-dealkylation sites (N-methyl/N-ethyl adjacent to an activating group) is 1. The van der Waals surface area contributed by atoms with E-state index in [0.29, 0.717) is 19.5 Å². The fourth-order valence-electron chi connectivity index (χ4n) is 3.48. The van der Waals surface area contributed by atoms with Crippen molar-refractivity contribution in [2.75, 3.05) is 59.9 Å². The SMILES string of the molecule is CN(C)CCN1C[C@H](C(=O)N2CCN(Cc3ccco3)CC2)CC1=O. The van der Waals surface area contributed by atoms with Crippen LogP contribution in [-0.2, 0) is 16.1 Å². The van der Waals surface area contributed by atoms with Crippen LogP contribution in [0.4, 0.5) is 0 Å². The van der Waals surface area contributed by atoms with Gasteiger partial charge in [-0.2, -0.15) is 0 Å². The first-order valence-electron chi connectivity index (χ1n) is 8.99. The first-order chi connectivity index (χ1) is 12.0. The van der Waals surface area contributed by atoms with Crippen LogP contribution in [0.25, 0.3) is 0 Å². The predicted octanol–water partition coefficient (Wildman–Crippen LogP) is 0.334. The summed E-state index contributed by atoms with van der Waals surface area (Å²) in [6.45, 7) is 6.02. The van der Waals surface area contributed by atoms with Crippen molar-refractivity contribution < 1.29 is 14.0 Å². The molecule has 0 spiro atoms. The largest absolute Gasteiger partial charge is 0.468 e. The zero-order valence-corrected chi connectivity index (χ0v) is 15.2. The smallest absolute Gasteiger partial charge is 0.228 e. The number of rotatable bonds is 6. The number of carbonyl (C=O) groups is 2. The number of amides is 2. The van der Waals surface area contributed by atoms with Gasteiger partial charge in [-0.3, -0.25) is 14.5 Å². The van der Waals surface area contributed by atoms with Crippen molar-refractivity contribution in [2.45, 2.75) is 13.0 Å². The molecule has 3 rings (SSSR count). The van der Waals surface area contributed by atoms with E-state index in [2.05, 4.69) is 9.80 Å². The molecule has 0 aliphatic carbocycles. The molecule has 0 saturated carbocycles. The maximum absolute atomic E-state index is 12.8. The number of likely N-dealkylation sites (tertiary alicyclic amines) is 1. The van der Waals surface area contributed by atoms with E-state index >= 15 is 0 Å². The summed E-state index contributed by atoms with van der Waals surface area (Å²) >= 11 is 0. The topological polar surface area (TPSA) is 60.2 Å². The van der Waals surface area contributed by atoms with Gasteiger partial charge in [0.05, 0.1) is 18.7 Å². The zero-order valence-electron chi connectivity index (χ0n) is 15.2. The van der Waals surface area contributed by atoms with Gasteiger partial charge in [0.15, 0.2) is 0 Å². The van der Waals surface area contributed by atoms with E-state index in [4.69, 9.17) is 4.42 Å². The molecule has 2 saturated heterocycles. The van der Waals surface area contributed by atoms with Crippen molar-refractivity contribution in [2.24, 2.45) is 5.92 Å². The lowest BCUT2D eigenvalue weighted by molar-refractivity contribution is -0.137. The van der Waals surface area contributed by atoms with E-state index in [9.17, 15) is 9.59 Å². The molecule has 7 heteroatoms. The summed E-state index contributed by atoms with van der Waals surface area (Å²) in [7, 11) is 3.98. The molecule has 138 valence electrons. The fourth-order valence-corrected chi connectivity index (χ4v) is 3.48. The lowest BCUT2D eigenvalue weighted by Crippen LogP contribution is -2.50. The Kier molecular flexibility index (Phi) is 5.75. The second-order valence-electron chi connectivity index (χ2n) is 7.22. The molecule has 0 N–H and O–H groups in total. The minimum absolute atomic E-state index is 0.108. The quantitative estimate of drug-likeness (QED) is 0.742. The van der Waals surface area contributed by atoms with Crippen LogP contribution >= 0.6 is 0 Å². The van der Waals surface area contributed by atoms with Crippen molar-refractivity contribution in [3.8, 4) is 0 Å². The molecule has 0 bridgehead atoms. The molecule has 1 aromatic heterocycles. The molecule has 2 aliphatic rings. The maximum atomic E-state index is 12.8. The highest BCUT2D eigenvalue weighted by atomic mass is 16.3. The van der Waals surface area contributed by atoms with Gasteiger partial charge in [0.2, 0.25) is 11.8 Å². The molecule has 1 atom stereocenters. The first-order valence-corrected chi connectivity index (χ1v) is 8.99. The number of piperazine rings is 1. The summed E-state index contributed by atoms with van der Waals surface area (Å²) in [4.78, 5) is 33.0. The van der Waals surface area contributed by atoms with Crippen LogP contribution in [0.3, 0.4) is 0 Å². The molecule has 2 amide bonds. The minimum atomic E-state index is -0.175. The Bertz CT molecular complexity index is 579. The van der Waals surface area contributed by atoms with Crippen molar-refractivity contribution in [3.63, 3.8) is 0 Å². The monoisotopic (exact) mass is 348 g/mol. The molecule has 3 heterocycles. The number of nitrogens with zero attached hydrogens (tertiary/aromatic N) is 4. The molecule has 7 nitrogen and oxygen atoms in total. The van der Waals surface area contributed by atoms with Gasteiger partial charge in [0.1, 0.15) is 5.76 Å². The maximum Gasteiger partial charge on any atom is 0.228 e. The van der Waals surface area contributed by atoms with E-state index in [-0.39, 0.29) is 17.7 Å². The summed E-state index contributed by atoms with van der Waals surface area (Å²) in [5, 5.41) is 0. The Labute approximate surface area is 149 Å². The van der Waals surface area contributed by atoms with Crippen LogP contribution in [0, 0.1) is 5.92 Å². The Morgan fingerprint density at radius 2 is 2.04 bits per heavy atom. The number of furan rings is 1. The lowest BCUT2D eigenvalue weighted by Gasteiger charge is -2.35. The molecular weight excluding hydrogens is 320 g/mol. The van der Waals surface area contributed by atoms with Crippen LogP contribution < -0.4 is 0 Å². The summed E-state index contributed by atoms with van der Waals surface area (Å²) in [6.07, 6.45) is 2.05. The third-order valence-electron chi connectivity index (χ3n) is 5.02. The van der Waals surface area contributed by atoms with Gasteiger partial charge >= 0.3 is 0 Å². The Morgan fingerprint density at radius 1 is 1.28 bits per heavy atom. The van der Waals surface area contributed by atoms with Crippen molar-refractivity contribution >= 4 is 11.8 Å². The summed E-state index contributed by atoms with van der Waals surface area (Å²) < 4.78 is 5.39. The van der Waals surface area contributed by atoms with Crippen LogP contribution in [-0.4, -0.2) is 91.3 Å². The van der Waals surface area contributed by atoms with Gasteiger partial charge in [-0.05, 0) is 26.2 Å². The van der Waals surface area contributed by atoms with Gasteiger partial charge in [-0.1, -0.05) is 0 Å². The molecule has 0 radical (unpaired) electrons. The van der Waals surface area contributed by atoms with Crippen molar-refractivity contribution in [1.82, 2.24) is 19.6 Å². The molecule has 25 heavy (non-hydrogen) atoms. The third-order valence-corrected chi connectivity index (χ3v) is 5.02. The van der Waals surface area contributed by atoms with Crippen LogP contribution in [0.5, 0.6) is 0 Å².